The number of nitrogens with zero attached hydrogens (tertiary/aromatic N) is 2. The molecule has 4 aliphatic heterocycles. The van der Waals surface area contributed by atoms with Gasteiger partial charge in [0.1, 0.15) is 0 Å². The number of aliphatic imine (C=N–C) groups is 2. The van der Waals surface area contributed by atoms with E-state index in [1.54, 1.807) is 16.7 Å². The summed E-state index contributed by atoms with van der Waals surface area (Å²) in [5.41, 5.74) is 26.3. The lowest BCUT2D eigenvalue weighted by Crippen LogP contribution is -2.44. The van der Waals surface area contributed by atoms with E-state index in [9.17, 15) is 0 Å². The lowest BCUT2D eigenvalue weighted by Gasteiger charge is -2.36. The Balaban J connectivity index is 0.789. The molecule has 4 heterocycles. The lowest BCUT2D eigenvalue weighted by molar-refractivity contribution is 0.401. The average Bonchev–Trinajstić information content (AvgIpc) is 3.32. The highest BCUT2D eigenvalue weighted by Gasteiger charge is 2.34. The third-order valence-electron chi connectivity index (χ3n) is 17.8. The molecule has 5 nitrogen and oxygen atoms in total. The molecule has 69 heavy (non-hydrogen) atoms. The summed E-state index contributed by atoms with van der Waals surface area (Å²) in [6.07, 6.45) is 59.9. The monoisotopic (exact) mass is 912 g/mol. The molecule has 0 bridgehead atoms. The summed E-state index contributed by atoms with van der Waals surface area (Å²) in [7, 11) is 0. The Hall–Kier alpha value is -5.20. The fraction of sp³-hybridized carbons (Fsp3) is 0.438. The van der Waals surface area contributed by atoms with Crippen molar-refractivity contribution in [2.45, 2.75) is 121 Å². The van der Waals surface area contributed by atoms with Gasteiger partial charge in [-0.2, -0.15) is 0 Å². The van der Waals surface area contributed by atoms with Crippen molar-refractivity contribution in [3.8, 4) is 0 Å². The smallest absolute Gasteiger partial charge is 0.0800 e. The first-order valence-electron chi connectivity index (χ1n) is 27.2. The highest BCUT2D eigenvalue weighted by molar-refractivity contribution is 5.93. The molecule has 11 aliphatic rings. The van der Waals surface area contributed by atoms with Crippen LogP contribution in [-0.2, 0) is 0 Å². The van der Waals surface area contributed by atoms with Crippen molar-refractivity contribution in [2.75, 3.05) is 19.6 Å². The zero-order chi connectivity index (χ0) is 46.3. The normalized spacial score (nSPS) is 33.1. The molecule has 0 spiro atoms. The van der Waals surface area contributed by atoms with Gasteiger partial charge in [-0.1, -0.05) is 134 Å². The highest BCUT2D eigenvalue weighted by Crippen LogP contribution is 2.46. The van der Waals surface area contributed by atoms with E-state index in [2.05, 4.69) is 150 Å². The van der Waals surface area contributed by atoms with Crippen LogP contribution in [0.1, 0.15) is 120 Å². The first-order chi connectivity index (χ1) is 34.0. The molecule has 7 aliphatic carbocycles. The van der Waals surface area contributed by atoms with Crippen LogP contribution < -0.4 is 16.4 Å². The molecule has 12 rings (SSSR count). The van der Waals surface area contributed by atoms with E-state index in [-0.39, 0.29) is 6.04 Å². The maximum atomic E-state index is 6.05. The largest absolute Gasteiger partial charge is 0.330 e. The van der Waals surface area contributed by atoms with Gasteiger partial charge < -0.3 is 16.4 Å². The van der Waals surface area contributed by atoms with Gasteiger partial charge in [0.2, 0.25) is 0 Å². The van der Waals surface area contributed by atoms with Crippen molar-refractivity contribution in [1.82, 2.24) is 10.6 Å². The molecule has 0 aromatic heterocycles. The predicted molar refractivity (Wildman–Crippen MR) is 288 cm³/mol. The molecule has 5 heteroatoms. The highest BCUT2D eigenvalue weighted by atomic mass is 15.0. The van der Waals surface area contributed by atoms with Crippen molar-refractivity contribution >= 4 is 11.9 Å². The minimum atomic E-state index is 0.240. The van der Waals surface area contributed by atoms with Crippen LogP contribution in [0.4, 0.5) is 0 Å². The fourth-order valence-corrected chi connectivity index (χ4v) is 13.1. The number of benzene rings is 1. The van der Waals surface area contributed by atoms with Crippen LogP contribution in [0.2, 0.25) is 0 Å². The van der Waals surface area contributed by atoms with Crippen LogP contribution in [-0.4, -0.2) is 43.6 Å². The molecular weight excluding hydrogens is 839 g/mol. The van der Waals surface area contributed by atoms with Gasteiger partial charge in [-0.25, -0.2) is 0 Å². The number of nitrogens with two attached hydrogens (primary N) is 1. The molecule has 2 saturated heterocycles. The van der Waals surface area contributed by atoms with Gasteiger partial charge in [0.25, 0.3) is 0 Å². The molecule has 1 aromatic carbocycles. The van der Waals surface area contributed by atoms with Crippen molar-refractivity contribution in [3.05, 3.63) is 200 Å². The second-order valence-corrected chi connectivity index (χ2v) is 22.2. The van der Waals surface area contributed by atoms with E-state index in [1.807, 2.05) is 6.21 Å². The number of hydrogen-bond donors (Lipinski definition) is 3. The van der Waals surface area contributed by atoms with Gasteiger partial charge in [-0.15, -0.1) is 0 Å². The van der Waals surface area contributed by atoms with Crippen LogP contribution in [0.15, 0.2) is 199 Å². The van der Waals surface area contributed by atoms with Gasteiger partial charge in [-0.3, -0.25) is 9.98 Å². The maximum Gasteiger partial charge on any atom is 0.0800 e. The molecular formula is C64H73N5. The van der Waals surface area contributed by atoms with Gasteiger partial charge in [-0.05, 0) is 194 Å². The van der Waals surface area contributed by atoms with E-state index in [4.69, 9.17) is 10.7 Å². The average molecular weight is 912 g/mol. The Labute approximate surface area is 412 Å². The van der Waals surface area contributed by atoms with E-state index in [0.29, 0.717) is 53.5 Å². The minimum absolute atomic E-state index is 0.240. The molecule has 10 unspecified atom stereocenters. The first-order valence-corrected chi connectivity index (χ1v) is 27.2. The lowest BCUT2D eigenvalue weighted by atomic mass is 9.72. The molecule has 354 valence electrons. The van der Waals surface area contributed by atoms with E-state index in [0.717, 1.165) is 77.4 Å². The summed E-state index contributed by atoms with van der Waals surface area (Å²) in [6, 6.07) is 10.9. The SMILES string of the molecule is CC(CCN)C1C=CC=C(C2=CC(C3=CCCC(C4CCN4)=C3)=CC(c3cccc(C4CC(C5C=C(C6=CC(C7=CC(C8=CC=N8)CC=C7)=CC(C7C=C(C8CCN8)C=CC7)C6)CCC5)=N4)c3)C2)C1. The van der Waals surface area contributed by atoms with Crippen molar-refractivity contribution in [3.63, 3.8) is 0 Å². The zero-order valence-electron chi connectivity index (χ0n) is 41.0. The predicted octanol–water partition coefficient (Wildman–Crippen LogP) is 13.3. The zero-order valence-corrected chi connectivity index (χ0v) is 41.0. The Kier molecular flexibility index (Phi) is 13.0. The molecule has 2 fully saturated rings. The fourth-order valence-electron chi connectivity index (χ4n) is 13.1. The topological polar surface area (TPSA) is 74.8 Å². The summed E-state index contributed by atoms with van der Waals surface area (Å²) in [6.45, 7) is 5.41. The van der Waals surface area contributed by atoms with Crippen LogP contribution in [0, 0.1) is 35.5 Å². The maximum absolute atomic E-state index is 6.05. The van der Waals surface area contributed by atoms with Crippen molar-refractivity contribution in [1.29, 1.82) is 0 Å². The van der Waals surface area contributed by atoms with Crippen molar-refractivity contribution < 1.29 is 0 Å². The van der Waals surface area contributed by atoms with Gasteiger partial charge in [0.05, 0.1) is 6.04 Å². The van der Waals surface area contributed by atoms with Gasteiger partial charge >= 0.3 is 0 Å². The minimum Gasteiger partial charge on any atom is -0.330 e. The Bertz CT molecular complexity index is 2730. The Morgan fingerprint density at radius 1 is 0.710 bits per heavy atom. The van der Waals surface area contributed by atoms with Crippen LogP contribution in [0.3, 0.4) is 0 Å². The van der Waals surface area contributed by atoms with Crippen LogP contribution in [0.5, 0.6) is 0 Å². The number of allylic oxidation sites excluding steroid dienone is 24. The van der Waals surface area contributed by atoms with E-state index in [1.165, 1.54) is 93.7 Å². The molecule has 10 atom stereocenters. The molecule has 0 amide bonds. The Morgan fingerprint density at radius 2 is 1.51 bits per heavy atom. The number of hydrogen-bond acceptors (Lipinski definition) is 5. The third-order valence-corrected chi connectivity index (χ3v) is 17.8. The Morgan fingerprint density at radius 3 is 2.30 bits per heavy atom. The van der Waals surface area contributed by atoms with E-state index < -0.39 is 0 Å². The standard InChI is InChI=1S/C64H73N5/c1-41(20-24-65)42-8-2-9-43(28-42)54-34-55(44-10-3-15-49(29-44)60-21-25-66-60)37-58(35-54)47-13-6-18-52(32-47)63-40-64(69-63)53-19-7-14-48(33-53)59-38-56(45-11-4-16-50(30-45)61-22-26-67-61)36-57(39-59)46-12-5-17-51(31-46)62-23-27-68-62/h2,4-6,8-11,13,17-18,22,26,29-34,36-38,41-42,46,50,53,57-58,60,62-63,66,68H,3,7,12,14-16,19-21,23-25,27-28,35,39-40,65H2,1H3. The molecule has 1 aromatic rings. The van der Waals surface area contributed by atoms with Crippen LogP contribution in [0.25, 0.3) is 0 Å². The second kappa shape index (κ2) is 19.9. The second-order valence-electron chi connectivity index (χ2n) is 22.2. The first kappa shape index (κ1) is 45.0. The van der Waals surface area contributed by atoms with Crippen LogP contribution >= 0.6 is 0 Å². The summed E-state index contributed by atoms with van der Waals surface area (Å²) >= 11 is 0. The number of nitrogens with one attached hydrogen (secondary N) is 2. The van der Waals surface area contributed by atoms with E-state index >= 15 is 0 Å². The molecule has 0 radical (unpaired) electrons. The van der Waals surface area contributed by atoms with Crippen molar-refractivity contribution in [2.24, 2.45) is 51.2 Å². The summed E-state index contributed by atoms with van der Waals surface area (Å²) < 4.78 is 0. The molecule has 0 saturated carbocycles. The summed E-state index contributed by atoms with van der Waals surface area (Å²) in [5, 5.41) is 7.35. The summed E-state index contributed by atoms with van der Waals surface area (Å²) in [5.74, 6) is 3.25. The molecule has 4 N–H and O–H groups in total. The summed E-state index contributed by atoms with van der Waals surface area (Å²) in [4.78, 5) is 10.1. The third kappa shape index (κ3) is 9.56. The quantitative estimate of drug-likeness (QED) is 0.174. The van der Waals surface area contributed by atoms with Gasteiger partial charge in [0.15, 0.2) is 0 Å². The number of rotatable bonds is 14. The van der Waals surface area contributed by atoms with Gasteiger partial charge in [0, 0.05) is 53.9 Å².